The Hall–Kier alpha value is 0.320. The molecule has 0 saturated heterocycles. The zero-order valence-corrected chi connectivity index (χ0v) is 19.4. The second-order valence-corrected chi connectivity index (χ2v) is 11.0. The van der Waals surface area contributed by atoms with Gasteiger partial charge in [-0.05, 0) is 0 Å². The summed E-state index contributed by atoms with van der Waals surface area (Å²) in [5.41, 5.74) is 0. The number of hydrogen-bond donors (Lipinski definition) is 9. The number of phosphoric ester groups is 4. The predicted octanol–water partition coefficient (Wildman–Crippen LogP) is -2.45. The topological polar surface area (TPSA) is 306 Å². The van der Waals surface area contributed by atoms with E-state index >= 15 is 0 Å². The van der Waals surface area contributed by atoms with Crippen molar-refractivity contribution in [1.82, 2.24) is 0 Å². The van der Waals surface area contributed by atoms with Gasteiger partial charge in [-0.25, -0.2) is 18.3 Å². The SMILES string of the molecule is O=P(O)(O)OCC(O)COP(=O)(O)OCC(O)COP(=O)(O)OCC(O)COP(=O)(O)O. The van der Waals surface area contributed by atoms with Crippen LogP contribution in [0.15, 0.2) is 0 Å². The van der Waals surface area contributed by atoms with E-state index in [4.69, 9.17) is 19.6 Å². The van der Waals surface area contributed by atoms with Crippen LogP contribution in [0.5, 0.6) is 0 Å². The average molecular weight is 560 g/mol. The van der Waals surface area contributed by atoms with Gasteiger partial charge in [0.15, 0.2) is 0 Å². The molecule has 4 atom stereocenters. The van der Waals surface area contributed by atoms with Crippen LogP contribution in [0.3, 0.4) is 0 Å². The third-order valence-electron chi connectivity index (χ3n) is 2.59. The lowest BCUT2D eigenvalue weighted by molar-refractivity contribution is 0.00695. The second kappa shape index (κ2) is 14.0. The molecular weight excluding hydrogens is 536 g/mol. The van der Waals surface area contributed by atoms with Crippen LogP contribution < -0.4 is 0 Å². The fraction of sp³-hybridized carbons (Fsp3) is 1.00. The summed E-state index contributed by atoms with van der Waals surface area (Å²) in [6, 6.07) is 0. The molecule has 19 nitrogen and oxygen atoms in total. The first-order chi connectivity index (χ1) is 14.3. The predicted molar refractivity (Wildman–Crippen MR) is 97.5 cm³/mol. The van der Waals surface area contributed by atoms with E-state index in [9.17, 15) is 43.4 Å². The quantitative estimate of drug-likeness (QED) is 0.0786. The number of hydrogen-bond acceptors (Lipinski definition) is 13. The minimum Gasteiger partial charge on any atom is -0.388 e. The van der Waals surface area contributed by atoms with Gasteiger partial charge in [0.25, 0.3) is 0 Å². The van der Waals surface area contributed by atoms with E-state index in [1.54, 1.807) is 0 Å². The molecule has 0 aliphatic heterocycles. The summed E-state index contributed by atoms with van der Waals surface area (Å²) in [6.07, 6.45) is -5.23. The molecule has 0 radical (unpaired) electrons. The van der Waals surface area contributed by atoms with Crippen LogP contribution in [0.1, 0.15) is 0 Å². The van der Waals surface area contributed by atoms with E-state index in [0.29, 0.717) is 0 Å². The Kier molecular flexibility index (Phi) is 14.2. The Morgan fingerprint density at radius 3 is 0.812 bits per heavy atom. The molecule has 0 bridgehead atoms. The molecule has 0 aromatic carbocycles. The zero-order valence-electron chi connectivity index (χ0n) is 15.9. The molecule has 194 valence electrons. The van der Waals surface area contributed by atoms with Gasteiger partial charge in [-0.1, -0.05) is 0 Å². The lowest BCUT2D eigenvalue weighted by Gasteiger charge is -2.19. The van der Waals surface area contributed by atoms with Crippen LogP contribution >= 0.6 is 31.3 Å². The Labute approximate surface area is 180 Å². The summed E-state index contributed by atoms with van der Waals surface area (Å²) >= 11 is 0. The van der Waals surface area contributed by atoms with Crippen LogP contribution in [-0.2, 0) is 45.4 Å². The lowest BCUT2D eigenvalue weighted by Crippen LogP contribution is -2.24. The first-order valence-electron chi connectivity index (χ1n) is 7.98. The van der Waals surface area contributed by atoms with Crippen LogP contribution in [-0.4, -0.2) is 103 Å². The first-order valence-corrected chi connectivity index (χ1v) is 14.0. The fourth-order valence-corrected chi connectivity index (χ4v) is 3.63. The third-order valence-corrected chi connectivity index (χ3v) is 5.46. The van der Waals surface area contributed by atoms with Crippen LogP contribution in [0.4, 0.5) is 0 Å². The molecule has 0 fully saturated rings. The van der Waals surface area contributed by atoms with Gasteiger partial charge in [0, 0.05) is 0 Å². The Morgan fingerprint density at radius 2 is 0.625 bits per heavy atom. The molecule has 32 heavy (non-hydrogen) atoms. The maximum Gasteiger partial charge on any atom is 0.472 e. The molecule has 0 aliphatic carbocycles. The van der Waals surface area contributed by atoms with E-state index in [2.05, 4.69) is 27.1 Å². The standard InChI is InChI=1S/C9H24O19P4/c10-7(1-23-29(13,14)15)3-25-31(19,20)27-5-9(12)6-28-32(21,22)26-4-8(11)2-24-30(16,17)18/h7-12H,1-6H2,(H,19,20)(H,21,22)(H2,13,14,15)(H2,16,17,18). The molecule has 0 aliphatic rings. The molecule has 0 saturated carbocycles. The normalized spacial score (nSPS) is 19.7. The van der Waals surface area contributed by atoms with Gasteiger partial charge in [0.05, 0.1) is 39.6 Å². The number of aliphatic hydroxyl groups is 3. The average Bonchev–Trinajstić information content (AvgIpc) is 2.63. The van der Waals surface area contributed by atoms with Crippen molar-refractivity contribution in [3.63, 3.8) is 0 Å². The summed E-state index contributed by atoms with van der Waals surface area (Å²) in [5.74, 6) is 0. The molecule has 0 rings (SSSR count). The molecule has 9 N–H and O–H groups in total. The molecule has 0 spiro atoms. The maximum absolute atomic E-state index is 11.6. The van der Waals surface area contributed by atoms with Crippen molar-refractivity contribution < 1.29 is 90.1 Å². The highest BCUT2D eigenvalue weighted by molar-refractivity contribution is 7.47. The number of rotatable bonds is 18. The summed E-state index contributed by atoms with van der Waals surface area (Å²) in [5, 5.41) is 28.1. The fourth-order valence-electron chi connectivity index (χ4n) is 1.31. The van der Waals surface area contributed by atoms with Gasteiger partial charge < -0.3 is 44.7 Å². The highest BCUT2D eigenvalue weighted by atomic mass is 31.2. The summed E-state index contributed by atoms with van der Waals surface area (Å²) in [4.78, 5) is 52.4. The van der Waals surface area contributed by atoms with Crippen molar-refractivity contribution in [2.45, 2.75) is 18.3 Å². The van der Waals surface area contributed by atoms with Crippen LogP contribution in [0.2, 0.25) is 0 Å². The minimum atomic E-state index is -4.88. The molecule has 0 heterocycles. The molecular formula is C9H24O19P4. The van der Waals surface area contributed by atoms with Gasteiger partial charge in [0.1, 0.15) is 18.3 Å². The first kappa shape index (κ1) is 32.3. The number of phosphoric acid groups is 4. The lowest BCUT2D eigenvalue weighted by atomic mass is 10.4. The van der Waals surface area contributed by atoms with Crippen molar-refractivity contribution in [3.05, 3.63) is 0 Å². The maximum atomic E-state index is 11.6. The molecule has 4 unspecified atom stereocenters. The van der Waals surface area contributed by atoms with Crippen molar-refractivity contribution >= 4 is 31.3 Å². The smallest absolute Gasteiger partial charge is 0.388 e. The molecule has 0 aromatic rings. The Morgan fingerprint density at radius 1 is 0.438 bits per heavy atom. The van der Waals surface area contributed by atoms with E-state index in [1.165, 1.54) is 0 Å². The van der Waals surface area contributed by atoms with Crippen molar-refractivity contribution in [1.29, 1.82) is 0 Å². The van der Waals surface area contributed by atoms with Gasteiger partial charge in [0.2, 0.25) is 0 Å². The molecule has 23 heteroatoms. The Bertz CT molecular complexity index is 670. The van der Waals surface area contributed by atoms with Gasteiger partial charge in [-0.15, -0.1) is 0 Å². The zero-order chi connectivity index (χ0) is 25.2. The number of aliphatic hydroxyl groups excluding tert-OH is 3. The summed E-state index contributed by atoms with van der Waals surface area (Å²) in [6.45, 7) is -5.75. The van der Waals surface area contributed by atoms with E-state index in [1.807, 2.05) is 0 Å². The van der Waals surface area contributed by atoms with Gasteiger partial charge in [-0.3, -0.25) is 27.1 Å². The minimum absolute atomic E-state index is 0.938. The highest BCUT2D eigenvalue weighted by Gasteiger charge is 2.28. The second-order valence-electron chi connectivity index (χ2n) is 5.65. The highest BCUT2D eigenvalue weighted by Crippen LogP contribution is 2.45. The monoisotopic (exact) mass is 560 g/mol. The third kappa shape index (κ3) is 19.8. The summed E-state index contributed by atoms with van der Waals surface area (Å²) < 4.78 is 69.1. The van der Waals surface area contributed by atoms with Crippen molar-refractivity contribution in [3.8, 4) is 0 Å². The van der Waals surface area contributed by atoms with E-state index in [-0.39, 0.29) is 0 Å². The molecule has 0 aromatic heterocycles. The van der Waals surface area contributed by atoms with Crippen molar-refractivity contribution in [2.24, 2.45) is 0 Å². The Balaban J connectivity index is 4.23. The summed E-state index contributed by atoms with van der Waals surface area (Å²) in [7, 11) is -19.5. The van der Waals surface area contributed by atoms with E-state index < -0.39 is 89.2 Å². The van der Waals surface area contributed by atoms with Gasteiger partial charge in [-0.2, -0.15) is 0 Å². The van der Waals surface area contributed by atoms with Crippen LogP contribution in [0, 0.1) is 0 Å². The molecule has 0 amide bonds. The van der Waals surface area contributed by atoms with Crippen molar-refractivity contribution in [2.75, 3.05) is 39.6 Å². The van der Waals surface area contributed by atoms with E-state index in [0.717, 1.165) is 0 Å². The van der Waals surface area contributed by atoms with Crippen LogP contribution in [0.25, 0.3) is 0 Å². The largest absolute Gasteiger partial charge is 0.472 e. The van der Waals surface area contributed by atoms with Gasteiger partial charge >= 0.3 is 31.3 Å².